The fourth-order valence-corrected chi connectivity index (χ4v) is 2.10. The summed E-state index contributed by atoms with van der Waals surface area (Å²) in [5.74, 6) is -0.772. The van der Waals surface area contributed by atoms with Gasteiger partial charge in [-0.25, -0.2) is 4.39 Å². The second-order valence-electron chi connectivity index (χ2n) is 5.19. The minimum absolute atomic E-state index is 0.0787. The highest BCUT2D eigenvalue weighted by Gasteiger charge is 2.12. The van der Waals surface area contributed by atoms with Crippen molar-refractivity contribution in [1.82, 2.24) is 0 Å². The highest BCUT2D eigenvalue weighted by molar-refractivity contribution is 6.04. The van der Waals surface area contributed by atoms with Crippen molar-refractivity contribution in [1.29, 1.82) is 5.26 Å². The molecule has 0 bridgehead atoms. The molecule has 0 saturated carbocycles. The molecule has 0 saturated heterocycles. The van der Waals surface area contributed by atoms with E-state index in [1.165, 1.54) is 17.7 Å². The Bertz CT molecular complexity index is 717. The van der Waals surface area contributed by atoms with Gasteiger partial charge >= 0.3 is 0 Å². The quantitative estimate of drug-likeness (QED) is 0.905. The van der Waals surface area contributed by atoms with Gasteiger partial charge in [-0.3, -0.25) is 4.79 Å². The zero-order valence-corrected chi connectivity index (χ0v) is 12.6. The summed E-state index contributed by atoms with van der Waals surface area (Å²) >= 11 is 0. The molecule has 0 aromatic heterocycles. The van der Waals surface area contributed by atoms with Gasteiger partial charge in [0.2, 0.25) is 0 Å². The van der Waals surface area contributed by atoms with E-state index in [9.17, 15) is 9.18 Å². The predicted octanol–water partition coefficient (Wildman–Crippen LogP) is 4.46. The zero-order chi connectivity index (χ0) is 16.1. The Balaban J connectivity index is 2.14. The fraction of sp³-hybridized carbons (Fsp3) is 0.222. The van der Waals surface area contributed by atoms with Crippen LogP contribution in [0.3, 0.4) is 0 Å². The van der Waals surface area contributed by atoms with Crippen LogP contribution in [0.25, 0.3) is 0 Å². The second-order valence-corrected chi connectivity index (χ2v) is 5.19. The predicted molar refractivity (Wildman–Crippen MR) is 84.2 cm³/mol. The van der Waals surface area contributed by atoms with Gasteiger partial charge in [-0.1, -0.05) is 26.0 Å². The summed E-state index contributed by atoms with van der Waals surface area (Å²) in [6.07, 6.45) is 1.04. The Kier molecular flexibility index (Phi) is 4.90. The van der Waals surface area contributed by atoms with Crippen LogP contribution < -0.4 is 5.32 Å². The van der Waals surface area contributed by atoms with E-state index in [0.717, 1.165) is 12.5 Å². The van der Waals surface area contributed by atoms with Crippen LogP contribution in [0.2, 0.25) is 0 Å². The minimum atomic E-state index is -0.701. The summed E-state index contributed by atoms with van der Waals surface area (Å²) in [6, 6.07) is 13.2. The lowest BCUT2D eigenvalue weighted by atomic mass is 9.98. The summed E-state index contributed by atoms with van der Waals surface area (Å²) in [7, 11) is 0. The third-order valence-electron chi connectivity index (χ3n) is 3.69. The van der Waals surface area contributed by atoms with Gasteiger partial charge in [0.1, 0.15) is 5.82 Å². The van der Waals surface area contributed by atoms with Gasteiger partial charge in [-0.05, 0) is 48.2 Å². The Labute approximate surface area is 129 Å². The van der Waals surface area contributed by atoms with E-state index in [4.69, 9.17) is 5.26 Å². The van der Waals surface area contributed by atoms with Gasteiger partial charge in [0.25, 0.3) is 5.91 Å². The van der Waals surface area contributed by atoms with E-state index in [1.54, 1.807) is 12.1 Å². The Morgan fingerprint density at radius 3 is 2.50 bits per heavy atom. The van der Waals surface area contributed by atoms with Crippen molar-refractivity contribution in [2.45, 2.75) is 26.2 Å². The number of nitrogens with one attached hydrogen (secondary N) is 1. The first-order chi connectivity index (χ1) is 10.5. The largest absolute Gasteiger partial charge is 0.322 e. The number of halogens is 1. The number of anilines is 1. The van der Waals surface area contributed by atoms with Gasteiger partial charge in [0.15, 0.2) is 0 Å². The van der Waals surface area contributed by atoms with Crippen molar-refractivity contribution in [3.63, 3.8) is 0 Å². The molecular weight excluding hydrogens is 279 g/mol. The highest BCUT2D eigenvalue weighted by atomic mass is 19.1. The van der Waals surface area contributed by atoms with Crippen molar-refractivity contribution < 1.29 is 9.18 Å². The van der Waals surface area contributed by atoms with E-state index >= 15 is 0 Å². The summed E-state index contributed by atoms with van der Waals surface area (Å²) in [5, 5.41) is 11.4. The number of carbonyl (C=O) groups is 1. The summed E-state index contributed by atoms with van der Waals surface area (Å²) < 4.78 is 13.8. The molecule has 2 aromatic carbocycles. The van der Waals surface area contributed by atoms with Crippen LogP contribution in [0, 0.1) is 17.1 Å². The number of hydrogen-bond acceptors (Lipinski definition) is 2. The number of benzene rings is 2. The molecule has 1 atom stereocenters. The van der Waals surface area contributed by atoms with Gasteiger partial charge < -0.3 is 5.32 Å². The summed E-state index contributed by atoms with van der Waals surface area (Å²) in [6.45, 7) is 4.26. The van der Waals surface area contributed by atoms with Crippen LogP contribution in [-0.4, -0.2) is 5.91 Å². The molecule has 1 amide bonds. The molecule has 3 nitrogen and oxygen atoms in total. The minimum Gasteiger partial charge on any atom is -0.322 e. The van der Waals surface area contributed by atoms with Crippen LogP contribution in [-0.2, 0) is 0 Å². The van der Waals surface area contributed by atoms with E-state index in [1.807, 2.05) is 18.2 Å². The van der Waals surface area contributed by atoms with Crippen molar-refractivity contribution in [3.05, 3.63) is 65.0 Å². The Hall–Kier alpha value is -2.67. The van der Waals surface area contributed by atoms with Crippen LogP contribution in [0.4, 0.5) is 10.1 Å². The summed E-state index contributed by atoms with van der Waals surface area (Å²) in [5.41, 5.74) is 1.92. The molecule has 0 heterocycles. The first kappa shape index (κ1) is 15.7. The number of carbonyl (C=O) groups excluding carboxylic acids is 1. The topological polar surface area (TPSA) is 52.9 Å². The third kappa shape index (κ3) is 3.50. The van der Waals surface area contributed by atoms with E-state index in [2.05, 4.69) is 19.2 Å². The first-order valence-electron chi connectivity index (χ1n) is 7.16. The standard InChI is InChI=1S/C18H17FN2O/c1-3-12(2)14-5-7-15(8-6-14)21-18(22)16-9-4-13(11-20)10-17(16)19/h4-10,12H,3H2,1-2H3,(H,21,22)/t12-/m1/s1. The van der Waals surface area contributed by atoms with Crippen LogP contribution in [0.15, 0.2) is 42.5 Å². The smallest absolute Gasteiger partial charge is 0.258 e. The monoisotopic (exact) mass is 296 g/mol. The molecule has 0 aliphatic rings. The Morgan fingerprint density at radius 1 is 1.27 bits per heavy atom. The van der Waals surface area contributed by atoms with Crippen LogP contribution >= 0.6 is 0 Å². The lowest BCUT2D eigenvalue weighted by Gasteiger charge is -2.11. The van der Waals surface area contributed by atoms with E-state index in [-0.39, 0.29) is 11.1 Å². The van der Waals surface area contributed by atoms with Gasteiger partial charge in [-0.15, -0.1) is 0 Å². The maximum atomic E-state index is 13.8. The number of nitrogens with zero attached hydrogens (tertiary/aromatic N) is 1. The first-order valence-corrected chi connectivity index (χ1v) is 7.16. The number of hydrogen-bond donors (Lipinski definition) is 1. The molecule has 0 spiro atoms. The average molecular weight is 296 g/mol. The number of nitriles is 1. The molecule has 4 heteroatoms. The fourth-order valence-electron chi connectivity index (χ4n) is 2.10. The SMILES string of the molecule is CC[C@@H](C)c1ccc(NC(=O)c2ccc(C#N)cc2F)cc1. The van der Waals surface area contributed by atoms with Crippen molar-refractivity contribution in [2.75, 3.05) is 5.32 Å². The second kappa shape index (κ2) is 6.86. The van der Waals surface area contributed by atoms with Crippen molar-refractivity contribution in [2.24, 2.45) is 0 Å². The zero-order valence-electron chi connectivity index (χ0n) is 12.6. The molecule has 0 radical (unpaired) electrons. The maximum Gasteiger partial charge on any atom is 0.258 e. The van der Waals surface area contributed by atoms with Crippen LogP contribution in [0.1, 0.15) is 47.7 Å². The molecule has 22 heavy (non-hydrogen) atoms. The van der Waals surface area contributed by atoms with E-state index < -0.39 is 11.7 Å². The molecule has 112 valence electrons. The number of rotatable bonds is 4. The third-order valence-corrected chi connectivity index (χ3v) is 3.69. The molecule has 1 N–H and O–H groups in total. The molecule has 0 aliphatic carbocycles. The lowest BCUT2D eigenvalue weighted by Crippen LogP contribution is -2.13. The molecule has 2 rings (SSSR count). The highest BCUT2D eigenvalue weighted by Crippen LogP contribution is 2.21. The van der Waals surface area contributed by atoms with E-state index in [0.29, 0.717) is 11.6 Å². The molecular formula is C18H17FN2O. The molecule has 2 aromatic rings. The van der Waals surface area contributed by atoms with Crippen molar-refractivity contribution in [3.8, 4) is 6.07 Å². The Morgan fingerprint density at radius 2 is 1.95 bits per heavy atom. The molecule has 0 fully saturated rings. The molecule has 0 unspecified atom stereocenters. The van der Waals surface area contributed by atoms with Crippen LogP contribution in [0.5, 0.6) is 0 Å². The summed E-state index contributed by atoms with van der Waals surface area (Å²) in [4.78, 5) is 12.1. The maximum absolute atomic E-state index is 13.8. The van der Waals surface area contributed by atoms with Crippen molar-refractivity contribution >= 4 is 11.6 Å². The average Bonchev–Trinajstić information content (AvgIpc) is 2.54. The van der Waals surface area contributed by atoms with Gasteiger partial charge in [-0.2, -0.15) is 5.26 Å². The van der Waals surface area contributed by atoms with Gasteiger partial charge in [0, 0.05) is 5.69 Å². The number of amides is 1. The lowest BCUT2D eigenvalue weighted by molar-refractivity contribution is 0.102. The van der Waals surface area contributed by atoms with Gasteiger partial charge in [0.05, 0.1) is 17.2 Å². The normalized spacial score (nSPS) is 11.5. The molecule has 0 aliphatic heterocycles.